The first kappa shape index (κ1) is 15.1. The highest BCUT2D eigenvalue weighted by molar-refractivity contribution is 5.93. The van der Waals surface area contributed by atoms with Crippen molar-refractivity contribution in [1.29, 1.82) is 0 Å². The molecule has 1 N–H and O–H groups in total. The molecule has 0 saturated carbocycles. The molecule has 0 bridgehead atoms. The number of aromatic amines is 1. The van der Waals surface area contributed by atoms with Gasteiger partial charge in [-0.1, -0.05) is 6.08 Å². The lowest BCUT2D eigenvalue weighted by atomic mass is 9.99. The molecule has 0 unspecified atom stereocenters. The van der Waals surface area contributed by atoms with Crippen LogP contribution in [0, 0.1) is 5.82 Å². The molecule has 0 amide bonds. The van der Waals surface area contributed by atoms with Crippen molar-refractivity contribution in [3.63, 3.8) is 0 Å². The van der Waals surface area contributed by atoms with Crippen molar-refractivity contribution >= 4 is 33.3 Å². The SMILES string of the molecule is Cn1ncc2c(N3CC=C(c4c[nH]c5cc(F)ccc45)CC3)ncnc21. The van der Waals surface area contributed by atoms with Crippen molar-refractivity contribution in [2.45, 2.75) is 6.42 Å². The van der Waals surface area contributed by atoms with E-state index in [-0.39, 0.29) is 5.82 Å². The summed E-state index contributed by atoms with van der Waals surface area (Å²) in [4.78, 5) is 14.2. The standard InChI is InChI=1S/C19H17FN6/c1-25-18-16(10-24-25)19(23-11-22-18)26-6-4-12(5-7-26)15-9-21-17-8-13(20)2-3-14(15)17/h2-4,8-11,21H,5-7H2,1H3. The predicted molar refractivity (Wildman–Crippen MR) is 99.4 cm³/mol. The highest BCUT2D eigenvalue weighted by Crippen LogP contribution is 2.32. The Balaban J connectivity index is 1.48. The van der Waals surface area contributed by atoms with Crippen LogP contribution in [0.15, 0.2) is 43.0 Å². The molecule has 0 saturated heterocycles. The largest absolute Gasteiger partial charge is 0.360 e. The number of H-pyrrole nitrogens is 1. The number of rotatable bonds is 2. The molecule has 26 heavy (non-hydrogen) atoms. The van der Waals surface area contributed by atoms with Gasteiger partial charge in [-0.05, 0) is 30.2 Å². The number of fused-ring (bicyclic) bond motifs is 2. The molecule has 0 aliphatic carbocycles. The summed E-state index contributed by atoms with van der Waals surface area (Å²) in [6.45, 7) is 1.63. The van der Waals surface area contributed by atoms with E-state index in [0.29, 0.717) is 0 Å². The highest BCUT2D eigenvalue weighted by Gasteiger charge is 2.19. The second kappa shape index (κ2) is 5.66. The van der Waals surface area contributed by atoms with Crippen LogP contribution in [0.5, 0.6) is 0 Å². The molecule has 0 fully saturated rings. The summed E-state index contributed by atoms with van der Waals surface area (Å²) in [7, 11) is 1.88. The molecule has 0 spiro atoms. The highest BCUT2D eigenvalue weighted by atomic mass is 19.1. The molecular weight excluding hydrogens is 331 g/mol. The van der Waals surface area contributed by atoms with Crippen LogP contribution >= 0.6 is 0 Å². The zero-order valence-electron chi connectivity index (χ0n) is 14.3. The lowest BCUT2D eigenvalue weighted by Gasteiger charge is -2.27. The van der Waals surface area contributed by atoms with Gasteiger partial charge in [-0.2, -0.15) is 5.10 Å². The molecule has 4 aromatic rings. The number of hydrogen-bond donors (Lipinski definition) is 1. The van der Waals surface area contributed by atoms with Crippen molar-refractivity contribution in [3.8, 4) is 0 Å². The summed E-state index contributed by atoms with van der Waals surface area (Å²) in [5, 5.41) is 6.31. The van der Waals surface area contributed by atoms with Gasteiger partial charge in [-0.3, -0.25) is 4.68 Å². The van der Waals surface area contributed by atoms with E-state index < -0.39 is 0 Å². The minimum Gasteiger partial charge on any atom is -0.360 e. The van der Waals surface area contributed by atoms with Gasteiger partial charge in [0.15, 0.2) is 5.65 Å². The van der Waals surface area contributed by atoms with E-state index in [1.807, 2.05) is 25.5 Å². The summed E-state index contributed by atoms with van der Waals surface area (Å²) >= 11 is 0. The van der Waals surface area contributed by atoms with E-state index in [1.165, 1.54) is 17.7 Å². The first-order chi connectivity index (χ1) is 12.7. The second-order valence-electron chi connectivity index (χ2n) is 6.52. The Hall–Kier alpha value is -3.22. The molecule has 3 aromatic heterocycles. The Morgan fingerprint density at radius 2 is 2.12 bits per heavy atom. The van der Waals surface area contributed by atoms with Gasteiger partial charge >= 0.3 is 0 Å². The second-order valence-corrected chi connectivity index (χ2v) is 6.52. The molecule has 6 nitrogen and oxygen atoms in total. The number of hydrogen-bond acceptors (Lipinski definition) is 4. The normalized spacial score (nSPS) is 15.0. The Bertz CT molecular complexity index is 1160. The van der Waals surface area contributed by atoms with Crippen LogP contribution in [-0.4, -0.2) is 37.8 Å². The van der Waals surface area contributed by atoms with Crippen LogP contribution in [0.3, 0.4) is 0 Å². The molecule has 1 aliphatic heterocycles. The molecule has 5 rings (SSSR count). The van der Waals surface area contributed by atoms with Gasteiger partial charge in [-0.15, -0.1) is 0 Å². The van der Waals surface area contributed by atoms with Crippen LogP contribution in [-0.2, 0) is 7.05 Å². The third-order valence-corrected chi connectivity index (χ3v) is 5.01. The van der Waals surface area contributed by atoms with Gasteiger partial charge in [0.25, 0.3) is 0 Å². The zero-order valence-corrected chi connectivity index (χ0v) is 14.3. The van der Waals surface area contributed by atoms with E-state index in [2.05, 4.69) is 31.0 Å². The Morgan fingerprint density at radius 3 is 2.96 bits per heavy atom. The Morgan fingerprint density at radius 1 is 1.19 bits per heavy atom. The fourth-order valence-corrected chi connectivity index (χ4v) is 3.67. The maximum Gasteiger partial charge on any atom is 0.163 e. The van der Waals surface area contributed by atoms with Crippen molar-refractivity contribution < 1.29 is 4.39 Å². The number of nitrogens with zero attached hydrogens (tertiary/aromatic N) is 5. The predicted octanol–water partition coefficient (Wildman–Crippen LogP) is 3.28. The summed E-state index contributed by atoms with van der Waals surface area (Å²) in [5.41, 5.74) is 4.09. The Labute approximate surface area is 149 Å². The van der Waals surface area contributed by atoms with Gasteiger partial charge in [-0.25, -0.2) is 14.4 Å². The van der Waals surface area contributed by atoms with Crippen LogP contribution in [0.4, 0.5) is 10.2 Å². The molecule has 130 valence electrons. The molecule has 1 aromatic carbocycles. The van der Waals surface area contributed by atoms with Gasteiger partial charge < -0.3 is 9.88 Å². The zero-order chi connectivity index (χ0) is 17.7. The van der Waals surface area contributed by atoms with Crippen molar-refractivity contribution in [2.75, 3.05) is 18.0 Å². The number of halogens is 1. The van der Waals surface area contributed by atoms with Crippen molar-refractivity contribution in [1.82, 2.24) is 24.7 Å². The van der Waals surface area contributed by atoms with E-state index in [9.17, 15) is 4.39 Å². The number of anilines is 1. The monoisotopic (exact) mass is 348 g/mol. The maximum atomic E-state index is 13.4. The van der Waals surface area contributed by atoms with Crippen LogP contribution in [0.2, 0.25) is 0 Å². The summed E-state index contributed by atoms with van der Waals surface area (Å²) < 4.78 is 15.2. The molecule has 0 radical (unpaired) electrons. The van der Waals surface area contributed by atoms with Crippen molar-refractivity contribution in [2.24, 2.45) is 7.05 Å². The quantitative estimate of drug-likeness (QED) is 0.604. The topological polar surface area (TPSA) is 62.6 Å². The molecule has 4 heterocycles. The molecular formula is C19H17FN6. The maximum absolute atomic E-state index is 13.4. The van der Waals surface area contributed by atoms with Crippen LogP contribution in [0.25, 0.3) is 27.5 Å². The summed E-state index contributed by atoms with van der Waals surface area (Å²) in [6, 6.07) is 4.89. The van der Waals surface area contributed by atoms with Crippen molar-refractivity contribution in [3.05, 3.63) is 54.4 Å². The van der Waals surface area contributed by atoms with Crippen LogP contribution in [0.1, 0.15) is 12.0 Å². The van der Waals surface area contributed by atoms with Gasteiger partial charge in [0, 0.05) is 42.8 Å². The Kier molecular flexibility index (Phi) is 3.28. The van der Waals surface area contributed by atoms with Gasteiger partial charge in [0.1, 0.15) is 18.0 Å². The molecule has 7 heteroatoms. The van der Waals surface area contributed by atoms with Gasteiger partial charge in [0.05, 0.1) is 11.6 Å². The minimum absolute atomic E-state index is 0.223. The van der Waals surface area contributed by atoms with E-state index in [4.69, 9.17) is 0 Å². The fraction of sp³-hybridized carbons (Fsp3) is 0.211. The number of aromatic nitrogens is 5. The third kappa shape index (κ3) is 2.28. The lowest BCUT2D eigenvalue weighted by Crippen LogP contribution is -2.29. The molecule has 0 atom stereocenters. The van der Waals surface area contributed by atoms with E-state index in [0.717, 1.165) is 52.8 Å². The number of nitrogens with one attached hydrogen (secondary N) is 1. The number of aryl methyl sites for hydroxylation is 1. The van der Waals surface area contributed by atoms with Crippen LogP contribution < -0.4 is 4.90 Å². The minimum atomic E-state index is -0.223. The smallest absolute Gasteiger partial charge is 0.163 e. The average molecular weight is 348 g/mol. The van der Waals surface area contributed by atoms with E-state index in [1.54, 1.807) is 11.0 Å². The lowest BCUT2D eigenvalue weighted by molar-refractivity contribution is 0.629. The third-order valence-electron chi connectivity index (χ3n) is 5.01. The fourth-order valence-electron chi connectivity index (χ4n) is 3.67. The summed E-state index contributed by atoms with van der Waals surface area (Å²) in [5.74, 6) is 0.693. The van der Waals surface area contributed by atoms with E-state index >= 15 is 0 Å². The average Bonchev–Trinajstić information content (AvgIpc) is 3.25. The molecule has 1 aliphatic rings. The summed E-state index contributed by atoms with van der Waals surface area (Å²) in [6.07, 6.45) is 8.50. The number of benzene rings is 1. The van der Waals surface area contributed by atoms with Gasteiger partial charge in [0.2, 0.25) is 0 Å². The first-order valence-electron chi connectivity index (χ1n) is 8.54. The first-order valence-corrected chi connectivity index (χ1v) is 8.54.